The number of hydrogen-bond donors (Lipinski definition) is 1. The number of carbonyl (C=O) groups is 1. The van der Waals surface area contributed by atoms with Gasteiger partial charge in [0.2, 0.25) is 5.91 Å². The highest BCUT2D eigenvalue weighted by Crippen LogP contribution is 2.33. The molecule has 1 amide bonds. The fourth-order valence-electron chi connectivity index (χ4n) is 2.28. The van der Waals surface area contributed by atoms with Gasteiger partial charge in [0.1, 0.15) is 0 Å². The van der Waals surface area contributed by atoms with E-state index in [-0.39, 0.29) is 12.0 Å². The molecule has 1 aliphatic rings. The predicted octanol–water partition coefficient (Wildman–Crippen LogP) is 3.37. The van der Waals surface area contributed by atoms with Crippen molar-refractivity contribution < 1.29 is 14.3 Å². The zero-order valence-electron chi connectivity index (χ0n) is 11.6. The van der Waals surface area contributed by atoms with Gasteiger partial charge in [-0.3, -0.25) is 4.79 Å². The molecule has 0 unspecified atom stereocenters. The molecule has 1 saturated carbocycles. The average molecular weight is 263 g/mol. The Morgan fingerprint density at radius 3 is 2.68 bits per heavy atom. The summed E-state index contributed by atoms with van der Waals surface area (Å²) < 4.78 is 11.3. The smallest absolute Gasteiger partial charge is 0.224 e. The summed E-state index contributed by atoms with van der Waals surface area (Å²) in [6.07, 6.45) is 5.36. The first-order valence-electron chi connectivity index (χ1n) is 6.87. The number of amides is 1. The van der Waals surface area contributed by atoms with E-state index >= 15 is 0 Å². The molecular weight excluding hydrogens is 242 g/mol. The molecule has 0 atom stereocenters. The van der Waals surface area contributed by atoms with Crippen molar-refractivity contribution in [2.24, 2.45) is 0 Å². The number of rotatable bonds is 5. The van der Waals surface area contributed by atoms with Crippen molar-refractivity contribution in [3.05, 3.63) is 18.2 Å². The van der Waals surface area contributed by atoms with Gasteiger partial charge in [0, 0.05) is 18.2 Å². The SMILES string of the molecule is CCC(=O)Nc1ccc(OC)c(OC2CCCC2)c1. The van der Waals surface area contributed by atoms with Gasteiger partial charge in [0.15, 0.2) is 11.5 Å². The zero-order valence-corrected chi connectivity index (χ0v) is 11.6. The summed E-state index contributed by atoms with van der Waals surface area (Å²) in [7, 11) is 1.63. The minimum Gasteiger partial charge on any atom is -0.493 e. The van der Waals surface area contributed by atoms with Gasteiger partial charge in [-0.25, -0.2) is 0 Å². The minimum atomic E-state index is -0.00279. The fourth-order valence-corrected chi connectivity index (χ4v) is 2.28. The summed E-state index contributed by atoms with van der Waals surface area (Å²) in [4.78, 5) is 11.4. The number of methoxy groups -OCH3 is 1. The molecule has 0 aromatic heterocycles. The van der Waals surface area contributed by atoms with Crippen molar-refractivity contribution in [2.75, 3.05) is 12.4 Å². The highest BCUT2D eigenvalue weighted by atomic mass is 16.5. The van der Waals surface area contributed by atoms with Crippen LogP contribution in [0.2, 0.25) is 0 Å². The molecule has 1 aromatic carbocycles. The Kier molecular flexibility index (Phi) is 4.66. The third-order valence-corrected chi connectivity index (χ3v) is 3.36. The fraction of sp³-hybridized carbons (Fsp3) is 0.533. The summed E-state index contributed by atoms with van der Waals surface area (Å²) >= 11 is 0. The van der Waals surface area contributed by atoms with Crippen LogP contribution in [0.25, 0.3) is 0 Å². The first-order valence-corrected chi connectivity index (χ1v) is 6.87. The molecule has 104 valence electrons. The molecule has 0 radical (unpaired) electrons. The molecule has 4 heteroatoms. The quantitative estimate of drug-likeness (QED) is 0.886. The average Bonchev–Trinajstić information content (AvgIpc) is 2.92. The molecule has 19 heavy (non-hydrogen) atoms. The van der Waals surface area contributed by atoms with Crippen molar-refractivity contribution >= 4 is 11.6 Å². The van der Waals surface area contributed by atoms with Crippen molar-refractivity contribution in [2.45, 2.75) is 45.1 Å². The molecule has 2 rings (SSSR count). The normalized spacial score (nSPS) is 15.3. The third-order valence-electron chi connectivity index (χ3n) is 3.36. The monoisotopic (exact) mass is 263 g/mol. The highest BCUT2D eigenvalue weighted by molar-refractivity contribution is 5.90. The molecule has 0 aliphatic heterocycles. The van der Waals surface area contributed by atoms with E-state index < -0.39 is 0 Å². The number of nitrogens with one attached hydrogen (secondary N) is 1. The van der Waals surface area contributed by atoms with Crippen LogP contribution in [0.3, 0.4) is 0 Å². The summed E-state index contributed by atoms with van der Waals surface area (Å²) in [5.74, 6) is 1.42. The van der Waals surface area contributed by atoms with Crippen LogP contribution in [0, 0.1) is 0 Å². The Bertz CT molecular complexity index is 439. The lowest BCUT2D eigenvalue weighted by Gasteiger charge is -2.17. The van der Waals surface area contributed by atoms with Crippen molar-refractivity contribution in [3.63, 3.8) is 0 Å². The molecule has 0 saturated heterocycles. The van der Waals surface area contributed by atoms with Crippen LogP contribution < -0.4 is 14.8 Å². The molecule has 1 fully saturated rings. The lowest BCUT2D eigenvalue weighted by Crippen LogP contribution is -2.13. The maximum Gasteiger partial charge on any atom is 0.224 e. The van der Waals surface area contributed by atoms with Crippen LogP contribution in [-0.2, 0) is 4.79 Å². The van der Waals surface area contributed by atoms with Crippen molar-refractivity contribution in [1.82, 2.24) is 0 Å². The molecule has 0 bridgehead atoms. The number of benzene rings is 1. The van der Waals surface area contributed by atoms with E-state index in [1.165, 1.54) is 12.8 Å². The topological polar surface area (TPSA) is 47.6 Å². The second kappa shape index (κ2) is 6.45. The van der Waals surface area contributed by atoms with Crippen LogP contribution in [-0.4, -0.2) is 19.1 Å². The minimum absolute atomic E-state index is 0.00279. The molecule has 0 heterocycles. The Balaban J connectivity index is 2.13. The van der Waals surface area contributed by atoms with Crippen LogP contribution in [0.1, 0.15) is 39.0 Å². The molecule has 4 nitrogen and oxygen atoms in total. The van der Waals surface area contributed by atoms with Gasteiger partial charge in [-0.15, -0.1) is 0 Å². The maximum atomic E-state index is 11.4. The Morgan fingerprint density at radius 2 is 2.05 bits per heavy atom. The highest BCUT2D eigenvalue weighted by Gasteiger charge is 2.18. The van der Waals surface area contributed by atoms with Gasteiger partial charge in [-0.1, -0.05) is 6.92 Å². The lowest BCUT2D eigenvalue weighted by atomic mass is 10.2. The van der Waals surface area contributed by atoms with Gasteiger partial charge < -0.3 is 14.8 Å². The van der Waals surface area contributed by atoms with Crippen LogP contribution in [0.5, 0.6) is 11.5 Å². The zero-order chi connectivity index (χ0) is 13.7. The van der Waals surface area contributed by atoms with E-state index in [9.17, 15) is 4.79 Å². The van der Waals surface area contributed by atoms with E-state index in [1.54, 1.807) is 7.11 Å². The summed E-state index contributed by atoms with van der Waals surface area (Å²) in [5, 5.41) is 2.83. The van der Waals surface area contributed by atoms with Crippen molar-refractivity contribution in [1.29, 1.82) is 0 Å². The maximum absolute atomic E-state index is 11.4. The second-order valence-corrected chi connectivity index (χ2v) is 4.79. The van der Waals surface area contributed by atoms with E-state index in [0.29, 0.717) is 17.9 Å². The van der Waals surface area contributed by atoms with Gasteiger partial charge in [0.25, 0.3) is 0 Å². The van der Waals surface area contributed by atoms with Gasteiger partial charge in [-0.05, 0) is 37.8 Å². The van der Waals surface area contributed by atoms with Crippen molar-refractivity contribution in [3.8, 4) is 11.5 Å². The van der Waals surface area contributed by atoms with Crippen LogP contribution in [0.4, 0.5) is 5.69 Å². The first-order chi connectivity index (χ1) is 9.22. The Morgan fingerprint density at radius 1 is 1.32 bits per heavy atom. The molecular formula is C15H21NO3. The Labute approximate surface area is 114 Å². The molecule has 1 aliphatic carbocycles. The summed E-state index contributed by atoms with van der Waals surface area (Å²) in [6, 6.07) is 5.49. The van der Waals surface area contributed by atoms with E-state index in [4.69, 9.17) is 9.47 Å². The van der Waals surface area contributed by atoms with E-state index in [0.717, 1.165) is 18.5 Å². The molecule has 0 spiro atoms. The van der Waals surface area contributed by atoms with Gasteiger partial charge in [0.05, 0.1) is 13.2 Å². The standard InChI is InChI=1S/C15H21NO3/c1-3-15(17)16-11-8-9-13(18-2)14(10-11)19-12-6-4-5-7-12/h8-10,12H,3-7H2,1-2H3,(H,16,17). The molecule has 1 aromatic rings. The number of anilines is 1. The number of ether oxygens (including phenoxy) is 2. The summed E-state index contributed by atoms with van der Waals surface area (Å²) in [6.45, 7) is 1.83. The van der Waals surface area contributed by atoms with Crippen LogP contribution >= 0.6 is 0 Å². The number of hydrogen-bond acceptors (Lipinski definition) is 3. The third kappa shape index (κ3) is 3.63. The van der Waals surface area contributed by atoms with E-state index in [2.05, 4.69) is 5.32 Å². The van der Waals surface area contributed by atoms with E-state index in [1.807, 2.05) is 25.1 Å². The number of carbonyl (C=O) groups excluding carboxylic acids is 1. The molecule has 1 N–H and O–H groups in total. The van der Waals surface area contributed by atoms with Gasteiger partial charge >= 0.3 is 0 Å². The largest absolute Gasteiger partial charge is 0.493 e. The van der Waals surface area contributed by atoms with Gasteiger partial charge in [-0.2, -0.15) is 0 Å². The lowest BCUT2D eigenvalue weighted by molar-refractivity contribution is -0.115. The van der Waals surface area contributed by atoms with Crippen LogP contribution in [0.15, 0.2) is 18.2 Å². The Hall–Kier alpha value is -1.71. The second-order valence-electron chi connectivity index (χ2n) is 4.79. The first kappa shape index (κ1) is 13.7. The summed E-state index contributed by atoms with van der Waals surface area (Å²) in [5.41, 5.74) is 0.751. The predicted molar refractivity (Wildman–Crippen MR) is 74.8 cm³/mol.